The van der Waals surface area contributed by atoms with E-state index in [1.807, 2.05) is 44.2 Å². The van der Waals surface area contributed by atoms with Crippen LogP contribution in [0.25, 0.3) is 0 Å². The highest BCUT2D eigenvalue weighted by atomic mass is 32.2. The zero-order chi connectivity index (χ0) is 19.6. The number of rotatable bonds is 5. The van der Waals surface area contributed by atoms with Gasteiger partial charge in [0, 0.05) is 25.2 Å². The van der Waals surface area contributed by atoms with Crippen LogP contribution in [0.5, 0.6) is 0 Å². The molecule has 0 saturated heterocycles. The van der Waals surface area contributed by atoms with Crippen molar-refractivity contribution in [2.75, 3.05) is 13.6 Å². The monoisotopic (exact) mass is 385 g/mol. The molecular formula is C20H23N3O3S. The summed E-state index contributed by atoms with van der Waals surface area (Å²) in [5.41, 5.74) is 1.58. The van der Waals surface area contributed by atoms with Gasteiger partial charge in [-0.3, -0.25) is 4.79 Å². The Morgan fingerprint density at radius 1 is 1.04 bits per heavy atom. The molecule has 0 aliphatic carbocycles. The first-order valence-electron chi connectivity index (χ1n) is 8.78. The normalized spacial score (nSPS) is 14.6. The smallest absolute Gasteiger partial charge is 0.285 e. The standard InChI is InChI=1S/C20H23N3O3S/c1-15(2)23(13-16-9-5-4-6-10-16)19(24)14-22(3)20-17-11-7-8-12-18(17)27(25,26)21-20/h4-12,15H,13-14H2,1-3H3. The van der Waals surface area contributed by atoms with E-state index in [-0.39, 0.29) is 23.4 Å². The number of carbonyl (C=O) groups is 1. The van der Waals surface area contributed by atoms with Crippen molar-refractivity contribution in [1.29, 1.82) is 0 Å². The number of amidine groups is 1. The van der Waals surface area contributed by atoms with Gasteiger partial charge in [0.15, 0.2) is 5.84 Å². The molecule has 0 bridgehead atoms. The lowest BCUT2D eigenvalue weighted by molar-refractivity contribution is -0.133. The van der Waals surface area contributed by atoms with Crippen molar-refractivity contribution in [3.63, 3.8) is 0 Å². The van der Waals surface area contributed by atoms with E-state index in [0.717, 1.165) is 5.56 Å². The van der Waals surface area contributed by atoms with Crippen molar-refractivity contribution < 1.29 is 13.2 Å². The van der Waals surface area contributed by atoms with Crippen molar-refractivity contribution in [2.24, 2.45) is 4.40 Å². The van der Waals surface area contributed by atoms with Crippen LogP contribution in [-0.2, 0) is 21.4 Å². The maximum absolute atomic E-state index is 12.9. The highest BCUT2D eigenvalue weighted by Crippen LogP contribution is 2.27. The Hall–Kier alpha value is -2.67. The van der Waals surface area contributed by atoms with Crippen LogP contribution in [0.3, 0.4) is 0 Å². The number of nitrogens with zero attached hydrogens (tertiary/aromatic N) is 3. The molecule has 0 aromatic heterocycles. The molecule has 0 saturated carbocycles. The maximum Gasteiger partial charge on any atom is 0.285 e. The van der Waals surface area contributed by atoms with E-state index in [9.17, 15) is 13.2 Å². The first-order valence-corrected chi connectivity index (χ1v) is 10.2. The Kier molecular flexibility index (Phi) is 5.32. The summed E-state index contributed by atoms with van der Waals surface area (Å²) >= 11 is 0. The number of carbonyl (C=O) groups excluding carboxylic acids is 1. The molecule has 27 heavy (non-hydrogen) atoms. The zero-order valence-electron chi connectivity index (χ0n) is 15.7. The van der Waals surface area contributed by atoms with E-state index in [1.165, 1.54) is 6.07 Å². The van der Waals surface area contributed by atoms with E-state index in [2.05, 4.69) is 4.40 Å². The van der Waals surface area contributed by atoms with Crippen LogP contribution >= 0.6 is 0 Å². The molecule has 6 nitrogen and oxygen atoms in total. The van der Waals surface area contributed by atoms with E-state index < -0.39 is 10.0 Å². The molecule has 1 aliphatic rings. The Labute approximate surface area is 160 Å². The molecule has 0 N–H and O–H groups in total. The van der Waals surface area contributed by atoms with Gasteiger partial charge in [0.2, 0.25) is 5.91 Å². The van der Waals surface area contributed by atoms with Crippen LogP contribution in [0.4, 0.5) is 0 Å². The highest BCUT2D eigenvalue weighted by Gasteiger charge is 2.31. The number of sulfonamides is 1. The van der Waals surface area contributed by atoms with E-state index in [4.69, 9.17) is 0 Å². The van der Waals surface area contributed by atoms with E-state index >= 15 is 0 Å². The Morgan fingerprint density at radius 2 is 1.67 bits per heavy atom. The minimum Gasteiger partial charge on any atom is -0.349 e. The maximum atomic E-state index is 12.9. The van der Waals surface area contributed by atoms with Crippen LogP contribution in [0, 0.1) is 0 Å². The summed E-state index contributed by atoms with van der Waals surface area (Å²) in [4.78, 5) is 16.5. The van der Waals surface area contributed by atoms with Gasteiger partial charge in [-0.1, -0.05) is 42.5 Å². The zero-order valence-corrected chi connectivity index (χ0v) is 16.5. The average molecular weight is 385 g/mol. The number of benzene rings is 2. The molecule has 0 fully saturated rings. The number of fused-ring (bicyclic) bond motifs is 1. The molecule has 0 unspecified atom stereocenters. The van der Waals surface area contributed by atoms with Crippen molar-refractivity contribution in [1.82, 2.24) is 9.80 Å². The third-order valence-electron chi connectivity index (χ3n) is 4.49. The van der Waals surface area contributed by atoms with Crippen molar-refractivity contribution >= 4 is 21.8 Å². The van der Waals surface area contributed by atoms with Crippen LogP contribution in [0.1, 0.15) is 25.0 Å². The summed E-state index contributed by atoms with van der Waals surface area (Å²) in [6, 6.07) is 16.5. The van der Waals surface area contributed by atoms with Gasteiger partial charge in [-0.15, -0.1) is 4.40 Å². The lowest BCUT2D eigenvalue weighted by atomic mass is 10.1. The van der Waals surface area contributed by atoms with E-state index in [1.54, 1.807) is 35.0 Å². The number of amides is 1. The molecule has 1 amide bonds. The summed E-state index contributed by atoms with van der Waals surface area (Å²) < 4.78 is 28.3. The van der Waals surface area contributed by atoms with Gasteiger partial charge >= 0.3 is 0 Å². The number of likely N-dealkylation sites (N-methyl/N-ethyl adjacent to an activating group) is 1. The second-order valence-electron chi connectivity index (χ2n) is 6.84. The van der Waals surface area contributed by atoms with Gasteiger partial charge in [-0.05, 0) is 31.5 Å². The van der Waals surface area contributed by atoms with Crippen molar-refractivity contribution in [2.45, 2.75) is 31.3 Å². The van der Waals surface area contributed by atoms with Gasteiger partial charge < -0.3 is 9.80 Å². The Morgan fingerprint density at radius 3 is 2.33 bits per heavy atom. The largest absolute Gasteiger partial charge is 0.349 e. The fourth-order valence-corrected chi connectivity index (χ4v) is 4.32. The molecule has 1 heterocycles. The summed E-state index contributed by atoms with van der Waals surface area (Å²) in [5, 5.41) is 0. The van der Waals surface area contributed by atoms with Crippen LogP contribution in [-0.4, -0.2) is 49.6 Å². The first-order chi connectivity index (χ1) is 12.8. The lowest BCUT2D eigenvalue weighted by Gasteiger charge is -2.29. The van der Waals surface area contributed by atoms with Crippen LogP contribution in [0.2, 0.25) is 0 Å². The minimum absolute atomic E-state index is 0.0210. The van der Waals surface area contributed by atoms with Crippen LogP contribution < -0.4 is 0 Å². The molecule has 142 valence electrons. The van der Waals surface area contributed by atoms with Gasteiger partial charge in [0.1, 0.15) is 4.90 Å². The average Bonchev–Trinajstić information content (AvgIpc) is 2.92. The van der Waals surface area contributed by atoms with Gasteiger partial charge in [-0.25, -0.2) is 0 Å². The molecular weight excluding hydrogens is 362 g/mol. The first kappa shape index (κ1) is 19.1. The SMILES string of the molecule is CC(C)N(Cc1ccccc1)C(=O)CN(C)C1=NS(=O)(=O)c2ccccc21. The summed E-state index contributed by atoms with van der Waals surface area (Å²) in [6.45, 7) is 4.49. The summed E-state index contributed by atoms with van der Waals surface area (Å²) in [6.07, 6.45) is 0. The molecule has 2 aromatic carbocycles. The van der Waals surface area contributed by atoms with Crippen LogP contribution in [0.15, 0.2) is 63.9 Å². The third kappa shape index (κ3) is 4.03. The molecule has 0 radical (unpaired) electrons. The second-order valence-corrected chi connectivity index (χ2v) is 8.42. The highest BCUT2D eigenvalue weighted by molar-refractivity contribution is 7.90. The Bertz CT molecular complexity index is 969. The molecule has 3 rings (SSSR count). The van der Waals surface area contributed by atoms with Gasteiger partial charge in [0.05, 0.1) is 6.54 Å². The fraction of sp³-hybridized carbons (Fsp3) is 0.300. The third-order valence-corrected chi connectivity index (χ3v) is 5.81. The molecule has 0 spiro atoms. The molecule has 1 aliphatic heterocycles. The predicted octanol–water partition coefficient (Wildman–Crippen LogP) is 2.50. The summed E-state index contributed by atoms with van der Waals surface area (Å²) in [5.74, 6) is 0.225. The molecule has 2 aromatic rings. The minimum atomic E-state index is -3.70. The molecule has 0 atom stereocenters. The van der Waals surface area contributed by atoms with Gasteiger partial charge in [-0.2, -0.15) is 8.42 Å². The quantitative estimate of drug-likeness (QED) is 0.793. The molecule has 7 heteroatoms. The topological polar surface area (TPSA) is 70.1 Å². The number of hydrogen-bond donors (Lipinski definition) is 0. The van der Waals surface area contributed by atoms with E-state index in [0.29, 0.717) is 17.9 Å². The second kappa shape index (κ2) is 7.52. The fourth-order valence-electron chi connectivity index (χ4n) is 3.07. The van der Waals surface area contributed by atoms with Crippen molar-refractivity contribution in [3.05, 3.63) is 65.7 Å². The lowest BCUT2D eigenvalue weighted by Crippen LogP contribution is -2.43. The Balaban J connectivity index is 1.78. The van der Waals surface area contributed by atoms with Gasteiger partial charge in [0.25, 0.3) is 10.0 Å². The van der Waals surface area contributed by atoms with Crippen molar-refractivity contribution in [3.8, 4) is 0 Å². The predicted molar refractivity (Wildman–Crippen MR) is 105 cm³/mol. The summed E-state index contributed by atoms with van der Waals surface area (Å²) in [7, 11) is -2.01. The number of hydrogen-bond acceptors (Lipinski definition) is 4.